The van der Waals surface area contributed by atoms with Crippen LogP contribution >= 0.6 is 11.8 Å². The molecule has 7 heteroatoms. The molecule has 1 aliphatic carbocycles. The van der Waals surface area contributed by atoms with E-state index in [0.717, 1.165) is 63.5 Å². The van der Waals surface area contributed by atoms with Gasteiger partial charge in [-0.15, -0.1) is 11.8 Å². The standard InChI is InChI=1S/C24H28N2O4S/c25-21-19(7-15-11-29-15)17(5-13-9-27-13)18(6-14-10-28-14)20(22(21)26)24-4-2-1-3-23(24,31-24)8-16-12-30-16/h1-4,13-16H,5-12,25-26H2. The van der Waals surface area contributed by atoms with E-state index in [1.165, 1.54) is 22.3 Å². The van der Waals surface area contributed by atoms with Crippen molar-refractivity contribution in [1.82, 2.24) is 0 Å². The molecule has 1 aromatic rings. The van der Waals surface area contributed by atoms with Crippen molar-refractivity contribution in [3.05, 3.63) is 46.6 Å². The third-order valence-electron chi connectivity index (χ3n) is 7.46. The third-order valence-corrected chi connectivity index (χ3v) is 9.27. The second-order valence-corrected chi connectivity index (χ2v) is 11.3. The van der Waals surface area contributed by atoms with Crippen molar-refractivity contribution >= 4 is 23.1 Å². The predicted octanol–water partition coefficient (Wildman–Crippen LogP) is 2.27. The minimum Gasteiger partial charge on any atom is -0.397 e. The number of epoxide rings is 4. The molecule has 5 fully saturated rings. The second kappa shape index (κ2) is 6.51. The van der Waals surface area contributed by atoms with Crippen LogP contribution in [0.2, 0.25) is 0 Å². The van der Waals surface area contributed by atoms with Gasteiger partial charge >= 0.3 is 0 Å². The van der Waals surface area contributed by atoms with Gasteiger partial charge < -0.3 is 30.4 Å². The van der Waals surface area contributed by atoms with Crippen LogP contribution in [0.5, 0.6) is 0 Å². The number of anilines is 2. The van der Waals surface area contributed by atoms with Gasteiger partial charge in [0.05, 0.1) is 71.7 Å². The first-order valence-corrected chi connectivity index (χ1v) is 12.2. The fourth-order valence-corrected chi connectivity index (χ4v) is 7.20. The quantitative estimate of drug-likeness (QED) is 0.449. The van der Waals surface area contributed by atoms with E-state index in [2.05, 4.69) is 24.3 Å². The number of ether oxygens (including phenoxy) is 4. The number of hydrogen-bond acceptors (Lipinski definition) is 7. The van der Waals surface area contributed by atoms with Crippen LogP contribution in [0.1, 0.15) is 28.7 Å². The molecule has 6 nitrogen and oxygen atoms in total. The summed E-state index contributed by atoms with van der Waals surface area (Å²) in [6, 6.07) is 0. The van der Waals surface area contributed by atoms with E-state index < -0.39 is 0 Å². The van der Waals surface area contributed by atoms with Crippen LogP contribution in [0.3, 0.4) is 0 Å². The molecular weight excluding hydrogens is 412 g/mol. The molecule has 4 N–H and O–H groups in total. The molecule has 0 bridgehead atoms. The highest BCUT2D eigenvalue weighted by Gasteiger charge is 2.70. The summed E-state index contributed by atoms with van der Waals surface area (Å²) in [4.78, 5) is 0. The maximum absolute atomic E-state index is 6.90. The lowest BCUT2D eigenvalue weighted by Crippen LogP contribution is -2.28. The number of rotatable bonds is 9. The van der Waals surface area contributed by atoms with Gasteiger partial charge in [0.15, 0.2) is 0 Å². The van der Waals surface area contributed by atoms with Crippen molar-refractivity contribution in [3.8, 4) is 0 Å². The van der Waals surface area contributed by atoms with E-state index in [9.17, 15) is 0 Å². The molecule has 6 unspecified atom stereocenters. The largest absolute Gasteiger partial charge is 0.397 e. The van der Waals surface area contributed by atoms with Crippen LogP contribution < -0.4 is 11.5 Å². The molecule has 6 atom stereocenters. The van der Waals surface area contributed by atoms with Gasteiger partial charge in [0, 0.05) is 24.8 Å². The van der Waals surface area contributed by atoms with Crippen molar-refractivity contribution in [3.63, 3.8) is 0 Å². The Bertz CT molecular complexity index is 1010. The van der Waals surface area contributed by atoms with Gasteiger partial charge in [-0.1, -0.05) is 24.3 Å². The zero-order valence-corrected chi connectivity index (χ0v) is 18.3. The Hall–Kier alpha value is -1.51. The molecule has 0 amide bonds. The molecule has 6 aliphatic rings. The van der Waals surface area contributed by atoms with Crippen LogP contribution in [0.15, 0.2) is 24.3 Å². The number of hydrogen-bond donors (Lipinski definition) is 2. The first-order chi connectivity index (χ1) is 15.1. The van der Waals surface area contributed by atoms with Crippen LogP contribution in [-0.2, 0) is 43.0 Å². The molecular formula is C24H28N2O4S. The number of benzene rings is 1. The van der Waals surface area contributed by atoms with E-state index in [1.807, 2.05) is 11.8 Å². The molecule has 0 aromatic heterocycles. The Labute approximate surface area is 186 Å². The first kappa shape index (κ1) is 19.0. The summed E-state index contributed by atoms with van der Waals surface area (Å²) in [7, 11) is 0. The third kappa shape index (κ3) is 3.16. The normalized spacial score (nSPS) is 40.5. The van der Waals surface area contributed by atoms with Crippen LogP contribution in [-0.4, -0.2) is 55.6 Å². The molecule has 0 radical (unpaired) electrons. The summed E-state index contributed by atoms with van der Waals surface area (Å²) < 4.78 is 22.4. The second-order valence-electron chi connectivity index (χ2n) is 9.72. The first-order valence-electron chi connectivity index (χ1n) is 11.3. The van der Waals surface area contributed by atoms with Crippen molar-refractivity contribution in [2.24, 2.45) is 0 Å². The molecule has 31 heavy (non-hydrogen) atoms. The smallest absolute Gasteiger partial charge is 0.0851 e. The highest BCUT2D eigenvalue weighted by molar-refractivity contribution is 8.09. The Morgan fingerprint density at radius 3 is 1.90 bits per heavy atom. The molecule has 0 spiro atoms. The maximum Gasteiger partial charge on any atom is 0.0851 e. The van der Waals surface area contributed by atoms with Gasteiger partial charge in [0.1, 0.15) is 0 Å². The Kier molecular flexibility index (Phi) is 3.99. The minimum atomic E-state index is -0.177. The lowest BCUT2D eigenvalue weighted by atomic mass is 9.74. The van der Waals surface area contributed by atoms with E-state index in [-0.39, 0.29) is 27.8 Å². The zero-order valence-electron chi connectivity index (χ0n) is 17.5. The van der Waals surface area contributed by atoms with Gasteiger partial charge in [-0.25, -0.2) is 0 Å². The summed E-state index contributed by atoms with van der Waals surface area (Å²) in [6.45, 7) is 3.31. The van der Waals surface area contributed by atoms with E-state index in [0.29, 0.717) is 6.10 Å². The van der Waals surface area contributed by atoms with E-state index in [4.69, 9.17) is 30.4 Å². The van der Waals surface area contributed by atoms with Crippen molar-refractivity contribution in [1.29, 1.82) is 0 Å². The maximum atomic E-state index is 6.90. The molecule has 5 saturated heterocycles. The lowest BCUT2D eigenvalue weighted by Gasteiger charge is -2.29. The summed E-state index contributed by atoms with van der Waals surface area (Å²) >= 11 is 1.99. The summed E-state index contributed by atoms with van der Waals surface area (Å²) in [6.07, 6.45) is 13.8. The van der Waals surface area contributed by atoms with Gasteiger partial charge in [0.2, 0.25) is 0 Å². The number of nitrogens with two attached hydrogens (primary N) is 2. The lowest BCUT2D eigenvalue weighted by molar-refractivity contribution is 0.382. The number of allylic oxidation sites excluding steroid dienone is 2. The van der Waals surface area contributed by atoms with E-state index >= 15 is 0 Å². The zero-order chi connectivity index (χ0) is 20.8. The SMILES string of the molecule is Nc1c(N)c(C23C=CC=CC2(CC2CO2)S3)c(CC2CO2)c(CC2CO2)c1CC1CO1. The van der Waals surface area contributed by atoms with Crippen molar-refractivity contribution in [2.75, 3.05) is 37.9 Å². The predicted molar refractivity (Wildman–Crippen MR) is 120 cm³/mol. The number of fused-ring (bicyclic) bond motifs is 1. The fraction of sp³-hybridized carbons (Fsp3) is 0.583. The highest BCUT2D eigenvalue weighted by Crippen LogP contribution is 2.76. The van der Waals surface area contributed by atoms with Gasteiger partial charge in [0.25, 0.3) is 0 Å². The topological polar surface area (TPSA) is 102 Å². The Morgan fingerprint density at radius 1 is 0.742 bits per heavy atom. The Balaban J connectivity index is 1.40. The monoisotopic (exact) mass is 440 g/mol. The summed E-state index contributed by atoms with van der Waals surface area (Å²) in [5.74, 6) is 0. The Morgan fingerprint density at radius 2 is 1.29 bits per heavy atom. The molecule has 1 aromatic carbocycles. The van der Waals surface area contributed by atoms with Crippen molar-refractivity contribution in [2.45, 2.75) is 59.6 Å². The van der Waals surface area contributed by atoms with Crippen LogP contribution in [0.25, 0.3) is 0 Å². The minimum absolute atomic E-state index is 0.00287. The molecule has 0 saturated carbocycles. The molecule has 7 rings (SSSR count). The molecule has 5 heterocycles. The van der Waals surface area contributed by atoms with Crippen LogP contribution in [0.4, 0.5) is 11.4 Å². The van der Waals surface area contributed by atoms with Crippen molar-refractivity contribution < 1.29 is 18.9 Å². The molecule has 5 aliphatic heterocycles. The average Bonchev–Trinajstić information content (AvgIpc) is 3.57. The van der Waals surface area contributed by atoms with Gasteiger partial charge in [-0.05, 0) is 23.1 Å². The summed E-state index contributed by atoms with van der Waals surface area (Å²) in [5, 5.41) is 0. The molecule has 164 valence electrons. The summed E-state index contributed by atoms with van der Waals surface area (Å²) in [5.41, 5.74) is 20.2. The average molecular weight is 441 g/mol. The van der Waals surface area contributed by atoms with Gasteiger partial charge in [-0.2, -0.15) is 0 Å². The fourth-order valence-electron chi connectivity index (χ4n) is 5.45. The van der Waals surface area contributed by atoms with E-state index in [1.54, 1.807) is 0 Å². The van der Waals surface area contributed by atoms with Crippen LogP contribution in [0, 0.1) is 0 Å². The van der Waals surface area contributed by atoms with Gasteiger partial charge in [-0.3, -0.25) is 0 Å². The number of thioether (sulfide) groups is 1. The highest BCUT2D eigenvalue weighted by atomic mass is 32.2. The number of nitrogen functional groups attached to an aromatic ring is 2.